The summed E-state index contributed by atoms with van der Waals surface area (Å²) in [5.74, 6) is -0.0494. The monoisotopic (exact) mass is 269 g/mol. The van der Waals surface area contributed by atoms with Crippen LogP contribution in [0.3, 0.4) is 0 Å². The van der Waals surface area contributed by atoms with Gasteiger partial charge < -0.3 is 0 Å². The minimum Gasteiger partial charge on any atom is -0.294 e. The normalized spacial score (nSPS) is 11.8. The van der Waals surface area contributed by atoms with Crippen molar-refractivity contribution in [3.05, 3.63) is 29.8 Å². The van der Waals surface area contributed by atoms with Crippen molar-refractivity contribution in [3.8, 4) is 0 Å². The highest BCUT2D eigenvalue weighted by Gasteiger charge is 2.22. The third kappa shape index (κ3) is 2.97. The molecule has 0 amide bonds. The summed E-state index contributed by atoms with van der Waals surface area (Å²) in [4.78, 5) is 11.8. The van der Waals surface area contributed by atoms with Gasteiger partial charge in [-0.25, -0.2) is 8.42 Å². The van der Waals surface area contributed by atoms with Crippen LogP contribution in [0.15, 0.2) is 29.2 Å². The largest absolute Gasteiger partial charge is 0.294 e. The number of hydrogen-bond donors (Lipinski definition) is 0. The predicted octanol–water partition coefficient (Wildman–Crippen LogP) is 2.31. The van der Waals surface area contributed by atoms with E-state index in [-0.39, 0.29) is 10.7 Å². The molecule has 0 aliphatic rings. The van der Waals surface area contributed by atoms with Crippen molar-refractivity contribution in [2.75, 3.05) is 13.1 Å². The molecule has 0 aliphatic heterocycles. The Morgan fingerprint density at radius 3 is 2.28 bits per heavy atom. The molecule has 0 radical (unpaired) electrons. The van der Waals surface area contributed by atoms with E-state index < -0.39 is 10.0 Å². The third-order valence-electron chi connectivity index (χ3n) is 2.82. The van der Waals surface area contributed by atoms with Gasteiger partial charge in [-0.2, -0.15) is 4.31 Å². The van der Waals surface area contributed by atoms with Gasteiger partial charge >= 0.3 is 0 Å². The highest BCUT2D eigenvalue weighted by Crippen LogP contribution is 2.17. The molecule has 0 spiro atoms. The second-order valence-electron chi connectivity index (χ2n) is 3.89. The van der Waals surface area contributed by atoms with Crippen molar-refractivity contribution in [3.63, 3.8) is 0 Å². The Bertz CT molecular complexity index is 519. The number of rotatable bonds is 6. The molecule has 0 unspecified atom stereocenters. The van der Waals surface area contributed by atoms with Crippen LogP contribution >= 0.6 is 0 Å². The fraction of sp³-hybridized carbons (Fsp3) is 0.462. The number of Topliss-reactive ketones (excluding diaryl/α,β-unsaturated/α-hetero) is 1. The van der Waals surface area contributed by atoms with E-state index in [1.807, 2.05) is 0 Å². The Hall–Kier alpha value is -1.20. The Kier molecular flexibility index (Phi) is 5.04. The van der Waals surface area contributed by atoms with E-state index in [9.17, 15) is 13.2 Å². The summed E-state index contributed by atoms with van der Waals surface area (Å²) in [7, 11) is -3.48. The summed E-state index contributed by atoms with van der Waals surface area (Å²) >= 11 is 0. The summed E-state index contributed by atoms with van der Waals surface area (Å²) in [5.41, 5.74) is 0.450. The van der Waals surface area contributed by atoms with Crippen LogP contribution in [0.1, 0.15) is 37.6 Å². The number of benzene rings is 1. The van der Waals surface area contributed by atoms with Gasteiger partial charge in [0.25, 0.3) is 0 Å². The summed E-state index contributed by atoms with van der Waals surface area (Å²) in [5, 5.41) is 0. The van der Waals surface area contributed by atoms with Crippen LogP contribution in [0.2, 0.25) is 0 Å². The van der Waals surface area contributed by atoms with Crippen molar-refractivity contribution in [2.45, 2.75) is 32.1 Å². The quantitative estimate of drug-likeness (QED) is 0.745. The number of carbonyl (C=O) groups excluding carboxylic acids is 1. The van der Waals surface area contributed by atoms with Gasteiger partial charge in [0.15, 0.2) is 5.78 Å². The lowest BCUT2D eigenvalue weighted by atomic mass is 10.1. The van der Waals surface area contributed by atoms with Crippen LogP contribution < -0.4 is 0 Å². The van der Waals surface area contributed by atoms with Crippen molar-refractivity contribution in [1.82, 2.24) is 4.31 Å². The van der Waals surface area contributed by atoms with Crippen LogP contribution in [0.4, 0.5) is 0 Å². The summed E-state index contributed by atoms with van der Waals surface area (Å²) in [6, 6.07) is 6.24. The van der Waals surface area contributed by atoms with E-state index in [1.54, 1.807) is 32.9 Å². The van der Waals surface area contributed by atoms with E-state index in [4.69, 9.17) is 0 Å². The second kappa shape index (κ2) is 6.11. The number of ketones is 1. The van der Waals surface area contributed by atoms with Gasteiger partial charge in [-0.1, -0.05) is 32.9 Å². The van der Waals surface area contributed by atoms with Gasteiger partial charge in [0, 0.05) is 25.1 Å². The number of hydrogen-bond acceptors (Lipinski definition) is 3. The first-order valence-electron chi connectivity index (χ1n) is 6.10. The zero-order valence-electron chi connectivity index (χ0n) is 11.0. The minimum atomic E-state index is -3.48. The molecular weight excluding hydrogens is 250 g/mol. The van der Waals surface area contributed by atoms with E-state index in [0.29, 0.717) is 25.1 Å². The van der Waals surface area contributed by atoms with Crippen LogP contribution in [0, 0.1) is 0 Å². The molecule has 18 heavy (non-hydrogen) atoms. The Labute approximate surface area is 109 Å². The fourth-order valence-corrected chi connectivity index (χ4v) is 3.25. The SMILES string of the molecule is CCC(=O)c1cccc(S(=O)(=O)N(CC)CC)c1. The van der Waals surface area contributed by atoms with Gasteiger partial charge in [-0.15, -0.1) is 0 Å². The smallest absolute Gasteiger partial charge is 0.243 e. The molecule has 100 valence electrons. The molecule has 4 nitrogen and oxygen atoms in total. The molecule has 0 fully saturated rings. The summed E-state index contributed by atoms with van der Waals surface area (Å²) in [6.07, 6.45) is 0.370. The van der Waals surface area contributed by atoms with Gasteiger partial charge in [0.1, 0.15) is 0 Å². The van der Waals surface area contributed by atoms with Gasteiger partial charge in [-0.3, -0.25) is 4.79 Å². The van der Waals surface area contributed by atoms with Crippen LogP contribution in [-0.2, 0) is 10.0 Å². The van der Waals surface area contributed by atoms with E-state index in [2.05, 4.69) is 0 Å². The first-order chi connectivity index (χ1) is 8.47. The van der Waals surface area contributed by atoms with Crippen molar-refractivity contribution in [1.29, 1.82) is 0 Å². The Morgan fingerprint density at radius 1 is 1.17 bits per heavy atom. The minimum absolute atomic E-state index is 0.0494. The first kappa shape index (κ1) is 14.9. The average Bonchev–Trinajstić information content (AvgIpc) is 2.39. The topological polar surface area (TPSA) is 54.5 Å². The molecule has 0 aliphatic carbocycles. The molecule has 1 aromatic rings. The molecule has 1 rings (SSSR count). The summed E-state index contributed by atoms with van der Waals surface area (Å²) < 4.78 is 25.9. The maximum absolute atomic E-state index is 12.3. The fourth-order valence-electron chi connectivity index (χ4n) is 1.75. The first-order valence-corrected chi connectivity index (χ1v) is 7.54. The third-order valence-corrected chi connectivity index (χ3v) is 4.87. The van der Waals surface area contributed by atoms with Gasteiger partial charge in [0.2, 0.25) is 10.0 Å². The molecule has 0 N–H and O–H groups in total. The zero-order chi connectivity index (χ0) is 13.8. The molecule has 0 aromatic heterocycles. The molecule has 0 bridgehead atoms. The lowest BCUT2D eigenvalue weighted by Crippen LogP contribution is -2.30. The van der Waals surface area contributed by atoms with E-state index in [1.165, 1.54) is 16.4 Å². The lowest BCUT2D eigenvalue weighted by molar-refractivity contribution is 0.0988. The van der Waals surface area contributed by atoms with Crippen LogP contribution in [0.25, 0.3) is 0 Å². The van der Waals surface area contributed by atoms with Crippen molar-refractivity contribution < 1.29 is 13.2 Å². The molecule has 0 saturated carbocycles. The number of carbonyl (C=O) groups is 1. The average molecular weight is 269 g/mol. The van der Waals surface area contributed by atoms with Gasteiger partial charge in [-0.05, 0) is 12.1 Å². The Morgan fingerprint density at radius 2 is 1.78 bits per heavy atom. The van der Waals surface area contributed by atoms with Crippen LogP contribution in [0.5, 0.6) is 0 Å². The van der Waals surface area contributed by atoms with Crippen molar-refractivity contribution >= 4 is 15.8 Å². The van der Waals surface area contributed by atoms with Gasteiger partial charge in [0.05, 0.1) is 4.90 Å². The number of nitrogens with zero attached hydrogens (tertiary/aromatic N) is 1. The highest BCUT2D eigenvalue weighted by atomic mass is 32.2. The molecule has 0 atom stereocenters. The van der Waals surface area contributed by atoms with E-state index in [0.717, 1.165) is 0 Å². The number of sulfonamides is 1. The summed E-state index contributed by atoms with van der Waals surface area (Å²) in [6.45, 7) is 6.19. The maximum atomic E-state index is 12.3. The molecular formula is C13H19NO3S. The molecule has 0 heterocycles. The standard InChI is InChI=1S/C13H19NO3S/c1-4-13(15)11-8-7-9-12(10-11)18(16,17)14(5-2)6-3/h7-10H,4-6H2,1-3H3. The highest BCUT2D eigenvalue weighted by molar-refractivity contribution is 7.89. The second-order valence-corrected chi connectivity index (χ2v) is 5.83. The lowest BCUT2D eigenvalue weighted by Gasteiger charge is -2.18. The Balaban J connectivity index is 3.21. The maximum Gasteiger partial charge on any atom is 0.243 e. The zero-order valence-corrected chi connectivity index (χ0v) is 11.8. The van der Waals surface area contributed by atoms with E-state index >= 15 is 0 Å². The molecule has 0 saturated heterocycles. The molecule has 1 aromatic carbocycles. The predicted molar refractivity (Wildman–Crippen MR) is 71.2 cm³/mol. The van der Waals surface area contributed by atoms with Crippen LogP contribution in [-0.4, -0.2) is 31.6 Å². The molecule has 5 heteroatoms. The van der Waals surface area contributed by atoms with Crippen molar-refractivity contribution in [2.24, 2.45) is 0 Å².